The summed E-state index contributed by atoms with van der Waals surface area (Å²) < 4.78 is 95.8. The Bertz CT molecular complexity index is 3460. The summed E-state index contributed by atoms with van der Waals surface area (Å²) in [6, 6.07) is 14.6. The summed E-state index contributed by atoms with van der Waals surface area (Å²) in [5, 5.41) is 33.4. The minimum atomic E-state index is -3.84. The number of allylic oxidation sites excluding steroid dienone is 2. The van der Waals surface area contributed by atoms with Crippen LogP contribution >= 0.6 is 0 Å². The van der Waals surface area contributed by atoms with Gasteiger partial charge in [0.05, 0.1) is 76.3 Å². The van der Waals surface area contributed by atoms with Crippen molar-refractivity contribution in [3.05, 3.63) is 84.7 Å². The molecule has 24 heteroatoms. The molecule has 2 saturated carbocycles. The summed E-state index contributed by atoms with van der Waals surface area (Å²) >= 11 is 0. The van der Waals surface area contributed by atoms with Crippen molar-refractivity contribution in [3.63, 3.8) is 0 Å². The molecular formula is C53H64F2N13O7S2+. The molecule has 5 fully saturated rings. The number of aryl methyl sites for hydroxylation is 1. The second kappa shape index (κ2) is 19.7. The average molecular weight is 1100 g/mol. The first-order valence-electron chi connectivity index (χ1n) is 26.7. The lowest BCUT2D eigenvalue weighted by molar-refractivity contribution is -0.691. The van der Waals surface area contributed by atoms with Crippen LogP contribution in [0.15, 0.2) is 77.6 Å². The molecule has 3 aliphatic carbocycles. The van der Waals surface area contributed by atoms with Crippen LogP contribution < -0.4 is 28.8 Å². The number of aromatic nitrogens is 8. The van der Waals surface area contributed by atoms with Gasteiger partial charge in [0.15, 0.2) is 23.5 Å². The quantitative estimate of drug-likeness (QED) is 0.0701. The van der Waals surface area contributed by atoms with Crippen molar-refractivity contribution in [2.75, 3.05) is 88.1 Å². The number of benzene rings is 2. The Hall–Kier alpha value is -6.50. The second-order valence-corrected chi connectivity index (χ2v) is 25.6. The minimum absolute atomic E-state index is 0.0839. The second-order valence-electron chi connectivity index (χ2n) is 21.9. The molecule has 7 heterocycles. The highest BCUT2D eigenvalue weighted by atomic mass is 32.2. The van der Waals surface area contributed by atoms with Crippen LogP contribution in [0.3, 0.4) is 0 Å². The maximum Gasteiger partial charge on any atom is 0.269 e. The van der Waals surface area contributed by atoms with E-state index in [1.807, 2.05) is 64.0 Å². The van der Waals surface area contributed by atoms with E-state index in [1.54, 1.807) is 29.1 Å². The minimum Gasteiger partial charge on any atom is -0.455 e. The van der Waals surface area contributed by atoms with E-state index in [9.17, 15) is 35.8 Å². The Morgan fingerprint density at radius 3 is 2.08 bits per heavy atom. The van der Waals surface area contributed by atoms with E-state index >= 15 is 0 Å². The topological polar surface area (TPSA) is 234 Å². The number of piperidine rings is 3. The molecular weight excluding hydrogens is 1030 g/mol. The SMILES string of the molecule is Cc1ncc(-c2c[n+](-c3ccc(NS(=O)(=O)CCO)cc3N3CCC4(CC3)CC4)n(C3CC34CCN(c3cc(NS(=O)(=O)CCO)ccc3-n3cc(-c5ccc(C6=CCCC6)o5)nn3)CC4)n2)nc1N1CCC(F)(F)CC1. The molecule has 2 spiro atoms. The van der Waals surface area contributed by atoms with Gasteiger partial charge in [0.25, 0.3) is 11.6 Å². The Labute approximate surface area is 445 Å². The average Bonchev–Trinajstić information content (AvgIpc) is 4.11. The molecule has 3 saturated heterocycles. The highest BCUT2D eigenvalue weighted by molar-refractivity contribution is 7.93. The van der Waals surface area contributed by atoms with Crippen LogP contribution in [0.5, 0.6) is 0 Å². The lowest BCUT2D eigenvalue weighted by Crippen LogP contribution is -2.45. The van der Waals surface area contributed by atoms with Crippen molar-refractivity contribution in [2.24, 2.45) is 10.8 Å². The van der Waals surface area contributed by atoms with Crippen LogP contribution in [-0.2, 0) is 20.0 Å². The van der Waals surface area contributed by atoms with Crippen LogP contribution in [-0.4, -0.2) is 132 Å². The maximum atomic E-state index is 14.3. The number of halogens is 2. The molecule has 3 aliphatic heterocycles. The first-order chi connectivity index (χ1) is 37.0. The van der Waals surface area contributed by atoms with Gasteiger partial charge < -0.3 is 29.3 Å². The number of hydrogen-bond acceptors (Lipinski definition) is 15. The molecule has 408 valence electrons. The Kier molecular flexibility index (Phi) is 13.1. The molecule has 12 rings (SSSR count). The lowest BCUT2D eigenvalue weighted by Gasteiger charge is -2.35. The third kappa shape index (κ3) is 10.5. The molecule has 6 aromatic rings. The first-order valence-corrected chi connectivity index (χ1v) is 30.0. The molecule has 0 amide bonds. The molecule has 6 aliphatic rings. The number of nitrogens with zero attached hydrogens (tertiary/aromatic N) is 11. The number of sulfonamides is 2. The zero-order chi connectivity index (χ0) is 53.3. The molecule has 0 bridgehead atoms. The Balaban J connectivity index is 0.881. The number of hydrogen-bond donors (Lipinski definition) is 4. The van der Waals surface area contributed by atoms with Crippen molar-refractivity contribution in [1.29, 1.82) is 0 Å². The monoisotopic (exact) mass is 1100 g/mol. The third-order valence-electron chi connectivity index (χ3n) is 16.7. The smallest absolute Gasteiger partial charge is 0.269 e. The molecule has 0 radical (unpaired) electrons. The molecule has 4 aromatic heterocycles. The highest BCUT2D eigenvalue weighted by Gasteiger charge is 2.60. The van der Waals surface area contributed by atoms with Crippen LogP contribution in [0, 0.1) is 17.8 Å². The number of anilines is 5. The van der Waals surface area contributed by atoms with E-state index in [-0.39, 0.29) is 37.4 Å². The number of aliphatic hydroxyl groups is 2. The maximum absolute atomic E-state index is 14.3. The van der Waals surface area contributed by atoms with Crippen molar-refractivity contribution in [3.8, 4) is 34.2 Å². The lowest BCUT2D eigenvalue weighted by atomic mass is 9.92. The summed E-state index contributed by atoms with van der Waals surface area (Å²) in [5.41, 5.74) is 7.33. The van der Waals surface area contributed by atoms with E-state index in [0.717, 1.165) is 87.3 Å². The highest BCUT2D eigenvalue weighted by Crippen LogP contribution is 2.62. The molecule has 77 heavy (non-hydrogen) atoms. The van der Waals surface area contributed by atoms with Crippen LogP contribution in [0.25, 0.3) is 39.8 Å². The van der Waals surface area contributed by atoms with Gasteiger partial charge in [-0.15, -0.1) is 9.78 Å². The van der Waals surface area contributed by atoms with Gasteiger partial charge in [0.2, 0.25) is 20.0 Å². The fourth-order valence-electron chi connectivity index (χ4n) is 11.9. The van der Waals surface area contributed by atoms with E-state index in [4.69, 9.17) is 19.5 Å². The standard InChI is InChI=1S/C53H64F2N13O7S2/c1-36-50(65-24-18-53(54,55)19-25-65)57-40(33-56-36)41-35-67(44-9-7-39(61-77(73,74)29-27-70)31-46(44)63-20-14-51(12-13-51)15-21-63)68(59-41)49-32-52(49)16-22-64(23-17-52)45-30-38(60-76(71,72)28-26-69)6-8-43(45)66-34-42(58-62-66)48-11-10-47(75-48)37-4-2-3-5-37/h4,6-11,30-31,33-35,49,60-61,69-70H,2-3,5,12-29,32H2,1H3/q+1. The predicted molar refractivity (Wildman–Crippen MR) is 286 cm³/mol. The Morgan fingerprint density at radius 1 is 0.753 bits per heavy atom. The third-order valence-corrected chi connectivity index (χ3v) is 19.3. The van der Waals surface area contributed by atoms with Gasteiger partial charge in [0, 0.05) is 57.5 Å². The van der Waals surface area contributed by atoms with Gasteiger partial charge in [0.1, 0.15) is 23.2 Å². The van der Waals surface area contributed by atoms with Gasteiger partial charge in [-0.05, 0) is 135 Å². The summed E-state index contributed by atoms with van der Waals surface area (Å²) in [4.78, 5) is 18.2. The number of nitrogens with one attached hydrogen (secondary N) is 2. The largest absolute Gasteiger partial charge is 0.455 e. The normalized spacial score (nSPS) is 20.7. The van der Waals surface area contributed by atoms with E-state index in [2.05, 4.69) is 35.6 Å². The van der Waals surface area contributed by atoms with Crippen molar-refractivity contribution < 1.29 is 44.9 Å². The van der Waals surface area contributed by atoms with E-state index < -0.39 is 50.7 Å². The molecule has 20 nitrogen and oxygen atoms in total. The van der Waals surface area contributed by atoms with Crippen LogP contribution in [0.1, 0.15) is 94.5 Å². The Morgan fingerprint density at radius 2 is 1.40 bits per heavy atom. The van der Waals surface area contributed by atoms with Crippen molar-refractivity contribution in [1.82, 2.24) is 34.9 Å². The zero-order valence-corrected chi connectivity index (χ0v) is 44.6. The van der Waals surface area contributed by atoms with E-state index in [0.29, 0.717) is 69.9 Å². The van der Waals surface area contributed by atoms with Gasteiger partial charge in [-0.2, -0.15) is 0 Å². The predicted octanol–water partition coefficient (Wildman–Crippen LogP) is 6.65. The van der Waals surface area contributed by atoms with Crippen molar-refractivity contribution in [2.45, 2.75) is 95.9 Å². The van der Waals surface area contributed by atoms with Crippen LogP contribution in [0.4, 0.5) is 37.3 Å². The summed E-state index contributed by atoms with van der Waals surface area (Å²) in [6.07, 6.45) is 16.9. The molecule has 4 N–H and O–H groups in total. The van der Waals surface area contributed by atoms with E-state index in [1.165, 1.54) is 18.4 Å². The fraction of sp³-hybridized carbons (Fsp3) is 0.509. The summed E-state index contributed by atoms with van der Waals surface area (Å²) in [5.74, 6) is -1.68. The summed E-state index contributed by atoms with van der Waals surface area (Å²) in [6.45, 7) is 3.86. The van der Waals surface area contributed by atoms with Gasteiger partial charge in [-0.3, -0.25) is 14.4 Å². The molecule has 1 atom stereocenters. The van der Waals surface area contributed by atoms with Crippen molar-refractivity contribution >= 4 is 54.2 Å². The number of rotatable bonds is 17. The molecule has 2 aromatic carbocycles. The zero-order valence-electron chi connectivity index (χ0n) is 43.0. The first kappa shape index (κ1) is 51.3. The number of furan rings is 1. The number of alkyl halides is 2. The number of aliphatic hydroxyl groups excluding tert-OH is 2. The van der Waals surface area contributed by atoms with Gasteiger partial charge >= 0.3 is 0 Å². The van der Waals surface area contributed by atoms with Gasteiger partial charge in [-0.25, -0.2) is 35.3 Å². The van der Waals surface area contributed by atoms with Crippen LogP contribution in [0.2, 0.25) is 0 Å². The fourth-order valence-corrected chi connectivity index (χ4v) is 13.5. The van der Waals surface area contributed by atoms with Gasteiger partial charge in [-0.1, -0.05) is 11.3 Å². The molecule has 1 unspecified atom stereocenters. The summed E-state index contributed by atoms with van der Waals surface area (Å²) in [7, 11) is -7.67.